The summed E-state index contributed by atoms with van der Waals surface area (Å²) in [7, 11) is 0. The van der Waals surface area contributed by atoms with Crippen molar-refractivity contribution in [3.8, 4) is 22.4 Å². The van der Waals surface area contributed by atoms with Crippen LogP contribution in [0.3, 0.4) is 0 Å². The molecule has 0 atom stereocenters. The number of nitrogens with zero attached hydrogens (tertiary/aromatic N) is 1. The highest BCUT2D eigenvalue weighted by Gasteiger charge is 2.12. The lowest BCUT2D eigenvalue weighted by Gasteiger charge is -2.11. The van der Waals surface area contributed by atoms with Gasteiger partial charge in [-0.3, -0.25) is 0 Å². The quantitative estimate of drug-likeness (QED) is 0.221. The van der Waals surface area contributed by atoms with Gasteiger partial charge in [0.1, 0.15) is 0 Å². The summed E-state index contributed by atoms with van der Waals surface area (Å²) in [6.45, 7) is 0. The molecule has 8 rings (SSSR count). The molecule has 172 valence electrons. The number of thiophene rings is 1. The Morgan fingerprint density at radius 2 is 0.973 bits per heavy atom. The Bertz CT molecular complexity index is 2100. The minimum Gasteiger partial charge on any atom is -0.247 e. The van der Waals surface area contributed by atoms with Crippen molar-refractivity contribution >= 4 is 64.0 Å². The van der Waals surface area contributed by atoms with E-state index in [0.29, 0.717) is 0 Å². The summed E-state index contributed by atoms with van der Waals surface area (Å²) >= 11 is 1.87. The maximum absolute atomic E-state index is 5.21. The van der Waals surface area contributed by atoms with Gasteiger partial charge in [-0.05, 0) is 45.5 Å². The van der Waals surface area contributed by atoms with Gasteiger partial charge < -0.3 is 0 Å². The first-order valence-electron chi connectivity index (χ1n) is 12.6. The van der Waals surface area contributed by atoms with Gasteiger partial charge in [0, 0.05) is 36.5 Å². The van der Waals surface area contributed by atoms with Crippen LogP contribution in [0.5, 0.6) is 0 Å². The third-order valence-corrected chi connectivity index (χ3v) is 8.70. The largest absolute Gasteiger partial charge is 0.247 e. The van der Waals surface area contributed by atoms with Gasteiger partial charge in [-0.15, -0.1) is 11.3 Å². The zero-order valence-electron chi connectivity index (χ0n) is 20.0. The van der Waals surface area contributed by atoms with E-state index in [1.807, 2.05) is 11.3 Å². The molecule has 0 amide bonds. The molecule has 0 saturated heterocycles. The van der Waals surface area contributed by atoms with Crippen LogP contribution in [0.2, 0.25) is 0 Å². The second kappa shape index (κ2) is 7.99. The summed E-state index contributed by atoms with van der Waals surface area (Å²) in [6.07, 6.45) is 0. The van der Waals surface area contributed by atoms with Gasteiger partial charge in [-0.2, -0.15) is 0 Å². The molecule has 2 aromatic heterocycles. The van der Waals surface area contributed by atoms with Crippen LogP contribution in [-0.2, 0) is 0 Å². The van der Waals surface area contributed by atoms with Crippen molar-refractivity contribution in [1.29, 1.82) is 0 Å². The van der Waals surface area contributed by atoms with E-state index >= 15 is 0 Å². The number of benzene rings is 6. The molecule has 0 spiro atoms. The van der Waals surface area contributed by atoms with Gasteiger partial charge in [0.25, 0.3) is 0 Å². The summed E-state index contributed by atoms with van der Waals surface area (Å²) in [5.41, 5.74) is 5.71. The van der Waals surface area contributed by atoms with E-state index in [2.05, 4.69) is 127 Å². The third kappa shape index (κ3) is 3.13. The van der Waals surface area contributed by atoms with Crippen LogP contribution >= 0.6 is 11.3 Å². The molecular formula is C35H21NS. The SMILES string of the molecule is c1ccc2c(c1)sc1c(-c3ccc(-c4ccc5c6ccccc6c6ccccc6c5n4)cc3)cccc12. The molecule has 0 radical (unpaired) electrons. The normalized spacial score (nSPS) is 11.8. The first-order chi connectivity index (χ1) is 18.3. The van der Waals surface area contributed by atoms with E-state index < -0.39 is 0 Å². The average Bonchev–Trinajstić information content (AvgIpc) is 3.36. The number of hydrogen-bond acceptors (Lipinski definition) is 2. The molecule has 0 bridgehead atoms. The third-order valence-electron chi connectivity index (χ3n) is 7.48. The van der Waals surface area contributed by atoms with Gasteiger partial charge in [0.15, 0.2) is 0 Å². The van der Waals surface area contributed by atoms with Gasteiger partial charge in [0.05, 0.1) is 11.2 Å². The molecule has 8 aromatic rings. The Morgan fingerprint density at radius 3 is 1.73 bits per heavy atom. The van der Waals surface area contributed by atoms with Crippen molar-refractivity contribution in [3.63, 3.8) is 0 Å². The lowest BCUT2D eigenvalue weighted by atomic mass is 9.96. The number of rotatable bonds is 2. The number of pyridine rings is 1. The molecule has 2 heteroatoms. The van der Waals surface area contributed by atoms with E-state index in [9.17, 15) is 0 Å². The highest BCUT2D eigenvalue weighted by molar-refractivity contribution is 7.26. The van der Waals surface area contributed by atoms with Gasteiger partial charge in [0.2, 0.25) is 0 Å². The number of fused-ring (bicyclic) bond motifs is 9. The molecule has 0 aliphatic heterocycles. The minimum absolute atomic E-state index is 1.000. The monoisotopic (exact) mass is 487 g/mol. The summed E-state index contributed by atoms with van der Waals surface area (Å²) in [4.78, 5) is 5.21. The Hall–Kier alpha value is -4.53. The van der Waals surface area contributed by atoms with E-state index in [4.69, 9.17) is 4.98 Å². The summed E-state index contributed by atoms with van der Waals surface area (Å²) in [5.74, 6) is 0. The van der Waals surface area contributed by atoms with Crippen molar-refractivity contribution in [2.45, 2.75) is 0 Å². The lowest BCUT2D eigenvalue weighted by molar-refractivity contribution is 1.41. The molecule has 1 nitrogen and oxygen atoms in total. The van der Waals surface area contributed by atoms with Crippen LogP contribution in [0.1, 0.15) is 0 Å². The fraction of sp³-hybridized carbons (Fsp3) is 0. The van der Waals surface area contributed by atoms with E-state index in [1.54, 1.807) is 0 Å². The van der Waals surface area contributed by atoms with Crippen LogP contribution in [-0.4, -0.2) is 4.98 Å². The van der Waals surface area contributed by atoms with Gasteiger partial charge in [-0.25, -0.2) is 4.98 Å². The maximum atomic E-state index is 5.21. The summed E-state index contributed by atoms with van der Waals surface area (Å²) < 4.78 is 2.68. The molecule has 0 fully saturated rings. The first-order valence-corrected chi connectivity index (χ1v) is 13.4. The minimum atomic E-state index is 1.000. The standard InChI is InChI=1S/C35H21NS/c1-2-10-27-25(8-1)26-9-3-4-12-29(26)34-30(27)20-21-32(36-34)23-18-16-22(17-19-23)24-13-7-14-31-28-11-5-6-15-33(28)37-35(24)31/h1-21H. The topological polar surface area (TPSA) is 12.9 Å². The van der Waals surface area contributed by atoms with Crippen molar-refractivity contribution in [1.82, 2.24) is 4.98 Å². The molecule has 0 N–H and O–H groups in total. The maximum Gasteiger partial charge on any atom is 0.0794 e. The highest BCUT2D eigenvalue weighted by atomic mass is 32.1. The van der Waals surface area contributed by atoms with Gasteiger partial charge >= 0.3 is 0 Å². The molecule has 37 heavy (non-hydrogen) atoms. The lowest BCUT2D eigenvalue weighted by Crippen LogP contribution is -1.89. The number of aromatic nitrogens is 1. The second-order valence-electron chi connectivity index (χ2n) is 9.54. The predicted molar refractivity (Wildman–Crippen MR) is 161 cm³/mol. The van der Waals surface area contributed by atoms with Gasteiger partial charge in [-0.1, -0.05) is 109 Å². The predicted octanol–water partition coefficient (Wildman–Crippen LogP) is 10.2. The first kappa shape index (κ1) is 20.6. The molecule has 0 aliphatic rings. The smallest absolute Gasteiger partial charge is 0.0794 e. The summed E-state index contributed by atoms with van der Waals surface area (Å²) in [6, 6.07) is 45.8. The van der Waals surface area contributed by atoms with Crippen molar-refractivity contribution in [2.75, 3.05) is 0 Å². The van der Waals surface area contributed by atoms with E-state index in [1.165, 1.54) is 58.2 Å². The molecule has 6 aromatic carbocycles. The molecule has 2 heterocycles. The Kier molecular flexibility index (Phi) is 4.46. The van der Waals surface area contributed by atoms with Crippen LogP contribution in [0, 0.1) is 0 Å². The van der Waals surface area contributed by atoms with Crippen LogP contribution in [0.15, 0.2) is 127 Å². The highest BCUT2D eigenvalue weighted by Crippen LogP contribution is 2.40. The van der Waals surface area contributed by atoms with E-state index in [0.717, 1.165) is 16.8 Å². The van der Waals surface area contributed by atoms with E-state index in [-0.39, 0.29) is 0 Å². The molecule has 0 aliphatic carbocycles. The number of hydrogen-bond donors (Lipinski definition) is 0. The molecule has 0 unspecified atom stereocenters. The van der Waals surface area contributed by atoms with Crippen molar-refractivity contribution in [3.05, 3.63) is 127 Å². The van der Waals surface area contributed by atoms with Crippen LogP contribution in [0.25, 0.3) is 75.0 Å². The van der Waals surface area contributed by atoms with Crippen LogP contribution < -0.4 is 0 Å². The fourth-order valence-electron chi connectivity index (χ4n) is 5.71. The zero-order valence-corrected chi connectivity index (χ0v) is 20.8. The second-order valence-corrected chi connectivity index (χ2v) is 10.6. The zero-order chi connectivity index (χ0) is 24.3. The summed E-state index contributed by atoms with van der Waals surface area (Å²) in [5, 5.41) is 8.85. The van der Waals surface area contributed by atoms with Crippen molar-refractivity contribution < 1.29 is 0 Å². The van der Waals surface area contributed by atoms with Crippen LogP contribution in [0.4, 0.5) is 0 Å². The molecule has 0 saturated carbocycles. The Morgan fingerprint density at radius 1 is 0.405 bits per heavy atom. The Balaban J connectivity index is 1.28. The Labute approximate surface area is 218 Å². The fourth-order valence-corrected chi connectivity index (χ4v) is 6.95. The van der Waals surface area contributed by atoms with Crippen molar-refractivity contribution in [2.24, 2.45) is 0 Å². The average molecular weight is 488 g/mol. The molecular weight excluding hydrogens is 466 g/mol.